The summed E-state index contributed by atoms with van der Waals surface area (Å²) in [6.07, 6.45) is 3.71. The number of aromatic nitrogens is 1. The highest BCUT2D eigenvalue weighted by Gasteiger charge is 2.17. The van der Waals surface area contributed by atoms with Gasteiger partial charge in [-0.15, -0.1) is 0 Å². The minimum Gasteiger partial charge on any atom is -0.338 e. The zero-order chi connectivity index (χ0) is 15.2. The first-order valence-electron chi connectivity index (χ1n) is 7.73. The summed E-state index contributed by atoms with van der Waals surface area (Å²) in [5, 5.41) is 10.2. The second-order valence-electron chi connectivity index (χ2n) is 6.16. The molecule has 0 bridgehead atoms. The molecule has 2 rings (SSSR count). The second-order valence-corrected chi connectivity index (χ2v) is 6.16. The first-order valence-corrected chi connectivity index (χ1v) is 7.73. The maximum absolute atomic E-state index is 12.0. The Balaban J connectivity index is 1.74. The van der Waals surface area contributed by atoms with E-state index in [4.69, 9.17) is 4.52 Å². The third-order valence-electron chi connectivity index (χ3n) is 3.74. The molecule has 1 amide bonds. The van der Waals surface area contributed by atoms with Crippen LogP contribution in [0.4, 0.5) is 5.88 Å². The molecule has 2 N–H and O–H groups in total. The van der Waals surface area contributed by atoms with Crippen LogP contribution in [0.3, 0.4) is 0 Å². The Labute approximate surface area is 126 Å². The van der Waals surface area contributed by atoms with Crippen LogP contribution in [0.15, 0.2) is 10.6 Å². The van der Waals surface area contributed by atoms with Crippen LogP contribution in [-0.4, -0.2) is 48.7 Å². The number of carbonyl (C=O) groups is 1. The van der Waals surface area contributed by atoms with Crippen molar-refractivity contribution in [1.29, 1.82) is 0 Å². The Bertz CT molecular complexity index is 452. The summed E-state index contributed by atoms with van der Waals surface area (Å²) in [6.45, 7) is 6.40. The van der Waals surface area contributed by atoms with E-state index in [1.165, 1.54) is 19.3 Å². The molecule has 1 aliphatic heterocycles. The van der Waals surface area contributed by atoms with Gasteiger partial charge in [0.1, 0.15) is 0 Å². The third kappa shape index (κ3) is 5.13. The molecule has 0 spiro atoms. The van der Waals surface area contributed by atoms with Crippen molar-refractivity contribution < 1.29 is 9.32 Å². The van der Waals surface area contributed by atoms with Gasteiger partial charge < -0.3 is 9.84 Å². The van der Waals surface area contributed by atoms with Crippen molar-refractivity contribution in [3.63, 3.8) is 0 Å². The van der Waals surface area contributed by atoms with Gasteiger partial charge in [0.25, 0.3) is 0 Å². The fourth-order valence-electron chi connectivity index (χ4n) is 2.56. The van der Waals surface area contributed by atoms with Crippen LogP contribution < -0.4 is 10.6 Å². The lowest BCUT2D eigenvalue weighted by Gasteiger charge is -2.27. The first kappa shape index (κ1) is 16.0. The molecule has 1 saturated heterocycles. The van der Waals surface area contributed by atoms with E-state index in [9.17, 15) is 4.79 Å². The van der Waals surface area contributed by atoms with Crippen LogP contribution in [0.5, 0.6) is 0 Å². The number of nitrogens with one attached hydrogen (secondary N) is 2. The standard InChI is InChI=1S/C15H26N4O2/c1-11(2)13-8-15(21-18-13)17-14(20)10-19(3)9-12-6-4-5-7-16-12/h8,11-12,16H,4-7,9-10H2,1-3H3,(H,17,20). The summed E-state index contributed by atoms with van der Waals surface area (Å²) in [7, 11) is 1.97. The van der Waals surface area contributed by atoms with E-state index in [0.29, 0.717) is 24.4 Å². The first-order chi connectivity index (χ1) is 10.0. The van der Waals surface area contributed by atoms with E-state index >= 15 is 0 Å². The number of piperidine rings is 1. The van der Waals surface area contributed by atoms with Gasteiger partial charge in [-0.3, -0.25) is 15.0 Å². The van der Waals surface area contributed by atoms with Gasteiger partial charge >= 0.3 is 0 Å². The largest absolute Gasteiger partial charge is 0.338 e. The molecule has 0 saturated carbocycles. The summed E-state index contributed by atoms with van der Waals surface area (Å²) in [6, 6.07) is 2.28. The lowest BCUT2D eigenvalue weighted by atomic mass is 10.0. The molecule has 6 nitrogen and oxygen atoms in total. The minimum atomic E-state index is -0.0697. The molecule has 1 unspecified atom stereocenters. The van der Waals surface area contributed by atoms with E-state index in [1.54, 1.807) is 6.07 Å². The van der Waals surface area contributed by atoms with Crippen molar-refractivity contribution in [1.82, 2.24) is 15.4 Å². The van der Waals surface area contributed by atoms with Crippen LogP contribution in [-0.2, 0) is 4.79 Å². The molecule has 6 heteroatoms. The number of nitrogens with zero attached hydrogens (tertiary/aromatic N) is 2. The lowest BCUT2D eigenvalue weighted by Crippen LogP contribution is -2.44. The number of hydrogen-bond donors (Lipinski definition) is 2. The van der Waals surface area contributed by atoms with Gasteiger partial charge in [-0.1, -0.05) is 25.4 Å². The Hall–Kier alpha value is -1.40. The highest BCUT2D eigenvalue weighted by atomic mass is 16.5. The quantitative estimate of drug-likeness (QED) is 0.837. The summed E-state index contributed by atoms with van der Waals surface area (Å²) in [4.78, 5) is 14.0. The van der Waals surface area contributed by atoms with Gasteiger partial charge in [-0.05, 0) is 32.4 Å². The van der Waals surface area contributed by atoms with Gasteiger partial charge in [0.2, 0.25) is 11.8 Å². The van der Waals surface area contributed by atoms with Crippen LogP contribution in [0, 0.1) is 0 Å². The monoisotopic (exact) mass is 294 g/mol. The van der Waals surface area contributed by atoms with Gasteiger partial charge in [-0.25, -0.2) is 0 Å². The molecule has 2 heterocycles. The molecule has 1 aromatic heterocycles. The maximum Gasteiger partial charge on any atom is 0.240 e. The van der Waals surface area contributed by atoms with Gasteiger partial charge in [0, 0.05) is 18.7 Å². The predicted octanol–water partition coefficient (Wildman–Crippen LogP) is 1.81. The topological polar surface area (TPSA) is 70.4 Å². The third-order valence-corrected chi connectivity index (χ3v) is 3.74. The number of anilines is 1. The highest BCUT2D eigenvalue weighted by Crippen LogP contribution is 2.17. The van der Waals surface area contributed by atoms with E-state index in [1.807, 2.05) is 25.8 Å². The zero-order valence-electron chi connectivity index (χ0n) is 13.2. The van der Waals surface area contributed by atoms with Crippen molar-refractivity contribution in [2.24, 2.45) is 0 Å². The Morgan fingerprint density at radius 2 is 2.38 bits per heavy atom. The molecule has 21 heavy (non-hydrogen) atoms. The summed E-state index contributed by atoms with van der Waals surface area (Å²) >= 11 is 0. The summed E-state index contributed by atoms with van der Waals surface area (Å²) in [5.41, 5.74) is 0.852. The van der Waals surface area contributed by atoms with Crippen molar-refractivity contribution in [3.8, 4) is 0 Å². The van der Waals surface area contributed by atoms with Crippen LogP contribution in [0.2, 0.25) is 0 Å². The van der Waals surface area contributed by atoms with Crippen LogP contribution in [0.1, 0.15) is 44.7 Å². The Morgan fingerprint density at radius 1 is 1.57 bits per heavy atom. The van der Waals surface area contributed by atoms with E-state index in [-0.39, 0.29) is 5.91 Å². The normalized spacial score (nSPS) is 19.2. The molecule has 0 aromatic carbocycles. The van der Waals surface area contributed by atoms with E-state index in [0.717, 1.165) is 18.8 Å². The maximum atomic E-state index is 12.0. The molecule has 0 radical (unpaired) electrons. The average Bonchev–Trinajstić information content (AvgIpc) is 2.88. The summed E-state index contributed by atoms with van der Waals surface area (Å²) < 4.78 is 5.12. The predicted molar refractivity (Wildman–Crippen MR) is 82.4 cm³/mol. The Morgan fingerprint density at radius 3 is 3.00 bits per heavy atom. The highest BCUT2D eigenvalue weighted by molar-refractivity contribution is 5.90. The SMILES string of the molecule is CC(C)c1cc(NC(=O)CN(C)CC2CCCCN2)on1. The second kappa shape index (κ2) is 7.56. The molecular formula is C15H26N4O2. The van der Waals surface area contributed by atoms with E-state index < -0.39 is 0 Å². The fourth-order valence-corrected chi connectivity index (χ4v) is 2.56. The Kier molecular flexibility index (Phi) is 5.76. The van der Waals surface area contributed by atoms with E-state index in [2.05, 4.69) is 15.8 Å². The minimum absolute atomic E-state index is 0.0697. The smallest absolute Gasteiger partial charge is 0.240 e. The number of hydrogen-bond acceptors (Lipinski definition) is 5. The van der Waals surface area contributed by atoms with Gasteiger partial charge in [0.15, 0.2) is 0 Å². The zero-order valence-corrected chi connectivity index (χ0v) is 13.2. The number of likely N-dealkylation sites (N-methyl/N-ethyl adjacent to an activating group) is 1. The molecule has 1 aliphatic rings. The molecule has 1 atom stereocenters. The molecule has 118 valence electrons. The van der Waals surface area contributed by atoms with Crippen LogP contribution >= 0.6 is 0 Å². The van der Waals surface area contributed by atoms with Crippen LogP contribution in [0.25, 0.3) is 0 Å². The van der Waals surface area contributed by atoms with Gasteiger partial charge in [0.05, 0.1) is 12.2 Å². The lowest BCUT2D eigenvalue weighted by molar-refractivity contribution is -0.117. The molecule has 1 fully saturated rings. The molecule has 0 aliphatic carbocycles. The number of amides is 1. The molecule has 1 aromatic rings. The average molecular weight is 294 g/mol. The fraction of sp³-hybridized carbons (Fsp3) is 0.733. The van der Waals surface area contributed by atoms with Crippen molar-refractivity contribution in [3.05, 3.63) is 11.8 Å². The molecular weight excluding hydrogens is 268 g/mol. The summed E-state index contributed by atoms with van der Waals surface area (Å²) in [5.74, 6) is 0.645. The number of rotatable bonds is 6. The number of carbonyl (C=O) groups excluding carboxylic acids is 1. The van der Waals surface area contributed by atoms with Gasteiger partial charge in [-0.2, -0.15) is 0 Å². The van der Waals surface area contributed by atoms with Crippen molar-refractivity contribution in [2.45, 2.75) is 45.1 Å². The van der Waals surface area contributed by atoms with Crippen molar-refractivity contribution in [2.75, 3.05) is 32.0 Å². The van der Waals surface area contributed by atoms with Crippen molar-refractivity contribution >= 4 is 11.8 Å².